The Morgan fingerprint density at radius 2 is 1.76 bits per heavy atom. The van der Waals surface area contributed by atoms with Crippen molar-refractivity contribution in [2.45, 2.75) is 19.6 Å². The van der Waals surface area contributed by atoms with E-state index in [1.165, 1.54) is 12.1 Å². The summed E-state index contributed by atoms with van der Waals surface area (Å²) >= 11 is 0. The van der Waals surface area contributed by atoms with Crippen molar-refractivity contribution in [2.24, 2.45) is 0 Å². The molecule has 21 heavy (non-hydrogen) atoms. The molecule has 2 aromatic rings. The second-order valence-electron chi connectivity index (χ2n) is 4.47. The van der Waals surface area contributed by atoms with E-state index in [2.05, 4.69) is 16.1 Å². The van der Waals surface area contributed by atoms with Crippen LogP contribution in [0.25, 0.3) is 0 Å². The summed E-state index contributed by atoms with van der Waals surface area (Å²) in [6.07, 6.45) is 0. The highest BCUT2D eigenvalue weighted by Gasteiger charge is 2.09. The zero-order valence-electron chi connectivity index (χ0n) is 11.4. The zero-order valence-corrected chi connectivity index (χ0v) is 11.4. The third-order valence-electron chi connectivity index (χ3n) is 3.02. The number of alkyl halides is 2. The second kappa shape index (κ2) is 6.71. The standard InChI is InChI=1S/C16H14F2N2O/c1-11(20-15-5-3-2-4-13(15)10-19)12-6-8-14(9-7-12)21-16(17)18/h2-9,11,16,20H,1H3. The van der Waals surface area contributed by atoms with Crippen molar-refractivity contribution in [3.8, 4) is 11.8 Å². The lowest BCUT2D eigenvalue weighted by molar-refractivity contribution is -0.0498. The number of hydrogen-bond acceptors (Lipinski definition) is 3. The molecule has 0 saturated heterocycles. The van der Waals surface area contributed by atoms with Crippen LogP contribution in [-0.2, 0) is 0 Å². The minimum Gasteiger partial charge on any atom is -0.435 e. The van der Waals surface area contributed by atoms with Crippen LogP contribution in [-0.4, -0.2) is 6.61 Å². The molecule has 0 aromatic heterocycles. The molecule has 3 nitrogen and oxygen atoms in total. The monoisotopic (exact) mass is 288 g/mol. The van der Waals surface area contributed by atoms with Gasteiger partial charge in [0.15, 0.2) is 0 Å². The SMILES string of the molecule is CC(Nc1ccccc1C#N)c1ccc(OC(F)F)cc1. The molecule has 0 aliphatic carbocycles. The Morgan fingerprint density at radius 1 is 1.10 bits per heavy atom. The van der Waals surface area contributed by atoms with Crippen molar-refractivity contribution in [1.82, 2.24) is 0 Å². The van der Waals surface area contributed by atoms with Gasteiger partial charge < -0.3 is 10.1 Å². The van der Waals surface area contributed by atoms with Crippen LogP contribution in [0.4, 0.5) is 14.5 Å². The van der Waals surface area contributed by atoms with Crippen molar-refractivity contribution < 1.29 is 13.5 Å². The summed E-state index contributed by atoms with van der Waals surface area (Å²) in [4.78, 5) is 0. The fraction of sp³-hybridized carbons (Fsp3) is 0.188. The van der Waals surface area contributed by atoms with Crippen LogP contribution in [0.5, 0.6) is 5.75 Å². The number of anilines is 1. The molecule has 2 aromatic carbocycles. The maximum atomic E-state index is 12.1. The fourth-order valence-corrected chi connectivity index (χ4v) is 1.96. The van der Waals surface area contributed by atoms with Gasteiger partial charge in [-0.05, 0) is 36.8 Å². The predicted octanol–water partition coefficient (Wildman–Crippen LogP) is 4.33. The number of nitrogens with one attached hydrogen (secondary N) is 1. The van der Waals surface area contributed by atoms with Gasteiger partial charge in [-0.1, -0.05) is 24.3 Å². The Kier molecular flexibility index (Phi) is 4.72. The van der Waals surface area contributed by atoms with E-state index >= 15 is 0 Å². The number of para-hydroxylation sites is 1. The van der Waals surface area contributed by atoms with E-state index in [1.807, 2.05) is 19.1 Å². The van der Waals surface area contributed by atoms with E-state index in [4.69, 9.17) is 5.26 Å². The quantitative estimate of drug-likeness (QED) is 0.890. The van der Waals surface area contributed by atoms with E-state index in [1.54, 1.807) is 24.3 Å². The van der Waals surface area contributed by atoms with Gasteiger partial charge in [0.2, 0.25) is 0 Å². The van der Waals surface area contributed by atoms with Gasteiger partial charge >= 0.3 is 6.61 Å². The normalized spacial score (nSPS) is 11.8. The van der Waals surface area contributed by atoms with Gasteiger partial charge in [0.1, 0.15) is 11.8 Å². The highest BCUT2D eigenvalue weighted by atomic mass is 19.3. The second-order valence-corrected chi connectivity index (χ2v) is 4.47. The Bertz CT molecular complexity index is 635. The smallest absolute Gasteiger partial charge is 0.387 e. The average molecular weight is 288 g/mol. The van der Waals surface area contributed by atoms with E-state index in [0.29, 0.717) is 5.56 Å². The number of rotatable bonds is 5. The Balaban J connectivity index is 2.10. The molecule has 0 bridgehead atoms. The summed E-state index contributed by atoms with van der Waals surface area (Å²) in [5.74, 6) is 0.123. The first-order valence-electron chi connectivity index (χ1n) is 6.40. The van der Waals surface area contributed by atoms with Crippen LogP contribution in [0.3, 0.4) is 0 Å². The molecular weight excluding hydrogens is 274 g/mol. The number of hydrogen-bond donors (Lipinski definition) is 1. The molecule has 1 unspecified atom stereocenters. The maximum absolute atomic E-state index is 12.1. The molecule has 0 spiro atoms. The first kappa shape index (κ1) is 14.8. The van der Waals surface area contributed by atoms with E-state index in [9.17, 15) is 8.78 Å². The molecule has 2 rings (SSSR count). The Labute approximate surface area is 121 Å². The number of nitrogens with zero attached hydrogens (tertiary/aromatic N) is 1. The Morgan fingerprint density at radius 3 is 2.38 bits per heavy atom. The number of halogens is 2. The summed E-state index contributed by atoms with van der Waals surface area (Å²) in [7, 11) is 0. The summed E-state index contributed by atoms with van der Waals surface area (Å²) in [5, 5.41) is 12.3. The number of nitriles is 1. The van der Waals surface area contributed by atoms with Crippen LogP contribution in [0.2, 0.25) is 0 Å². The molecule has 0 fully saturated rings. The highest BCUT2D eigenvalue weighted by molar-refractivity contribution is 5.58. The van der Waals surface area contributed by atoms with Crippen LogP contribution < -0.4 is 10.1 Å². The molecule has 0 saturated carbocycles. The molecule has 0 amide bonds. The van der Waals surface area contributed by atoms with Crippen molar-refractivity contribution in [3.63, 3.8) is 0 Å². The lowest BCUT2D eigenvalue weighted by Gasteiger charge is -2.17. The van der Waals surface area contributed by atoms with Crippen LogP contribution in [0, 0.1) is 11.3 Å². The zero-order chi connectivity index (χ0) is 15.2. The van der Waals surface area contributed by atoms with Crippen LogP contribution >= 0.6 is 0 Å². The molecule has 108 valence electrons. The summed E-state index contributed by atoms with van der Waals surface area (Å²) < 4.78 is 28.5. The molecule has 0 heterocycles. The predicted molar refractivity (Wildman–Crippen MR) is 76.3 cm³/mol. The first-order valence-corrected chi connectivity index (χ1v) is 6.40. The topological polar surface area (TPSA) is 45.0 Å². The van der Waals surface area contributed by atoms with Crippen molar-refractivity contribution in [1.29, 1.82) is 5.26 Å². The first-order chi connectivity index (χ1) is 10.1. The molecular formula is C16H14F2N2O. The third-order valence-corrected chi connectivity index (χ3v) is 3.02. The van der Waals surface area contributed by atoms with Gasteiger partial charge in [-0.15, -0.1) is 0 Å². The molecule has 1 N–H and O–H groups in total. The van der Waals surface area contributed by atoms with Crippen molar-refractivity contribution >= 4 is 5.69 Å². The van der Waals surface area contributed by atoms with Crippen molar-refractivity contribution in [2.75, 3.05) is 5.32 Å². The summed E-state index contributed by atoms with van der Waals surface area (Å²) in [6, 6.07) is 15.7. The minimum atomic E-state index is -2.83. The van der Waals surface area contributed by atoms with Crippen LogP contribution in [0.15, 0.2) is 48.5 Å². The van der Waals surface area contributed by atoms with E-state index < -0.39 is 6.61 Å². The van der Waals surface area contributed by atoms with Gasteiger partial charge in [0.05, 0.1) is 11.3 Å². The van der Waals surface area contributed by atoms with Crippen molar-refractivity contribution in [3.05, 3.63) is 59.7 Å². The number of ether oxygens (including phenoxy) is 1. The van der Waals surface area contributed by atoms with E-state index in [-0.39, 0.29) is 11.8 Å². The van der Waals surface area contributed by atoms with Gasteiger partial charge in [-0.3, -0.25) is 0 Å². The molecule has 0 radical (unpaired) electrons. The molecule has 0 aliphatic heterocycles. The summed E-state index contributed by atoms with van der Waals surface area (Å²) in [6.45, 7) is -0.897. The minimum absolute atomic E-state index is 0.0694. The van der Waals surface area contributed by atoms with Gasteiger partial charge in [0, 0.05) is 6.04 Å². The Hall–Kier alpha value is -2.61. The fourth-order valence-electron chi connectivity index (χ4n) is 1.96. The molecule has 0 aliphatic rings. The lowest BCUT2D eigenvalue weighted by atomic mass is 10.1. The number of benzene rings is 2. The summed E-state index contributed by atoms with van der Waals surface area (Å²) in [5.41, 5.74) is 2.20. The third kappa shape index (κ3) is 3.93. The lowest BCUT2D eigenvalue weighted by Crippen LogP contribution is -2.08. The molecule has 5 heteroatoms. The maximum Gasteiger partial charge on any atom is 0.387 e. The van der Waals surface area contributed by atoms with Crippen LogP contribution in [0.1, 0.15) is 24.1 Å². The van der Waals surface area contributed by atoms with Gasteiger partial charge in [-0.25, -0.2) is 0 Å². The average Bonchev–Trinajstić information content (AvgIpc) is 2.48. The highest BCUT2D eigenvalue weighted by Crippen LogP contribution is 2.24. The molecule has 1 atom stereocenters. The van der Waals surface area contributed by atoms with E-state index in [0.717, 1.165) is 11.3 Å². The van der Waals surface area contributed by atoms with Gasteiger partial charge in [0.25, 0.3) is 0 Å². The largest absolute Gasteiger partial charge is 0.435 e. The van der Waals surface area contributed by atoms with Gasteiger partial charge in [-0.2, -0.15) is 14.0 Å².